The maximum Gasteiger partial charge on any atom is 0.409 e. The lowest BCUT2D eigenvalue weighted by molar-refractivity contribution is -0.115. The number of piperidine rings is 1. The van der Waals surface area contributed by atoms with E-state index in [1.54, 1.807) is 30.0 Å². The maximum absolute atomic E-state index is 12.0. The summed E-state index contributed by atoms with van der Waals surface area (Å²) in [5, 5.41) is 6.90. The average molecular weight is 374 g/mol. The number of nitrogens with one attached hydrogen (secondary N) is 2. The number of hydrogen-bond acceptors (Lipinski definition) is 4. The summed E-state index contributed by atoms with van der Waals surface area (Å²) in [6.07, 6.45) is 1.30. The Morgan fingerprint density at radius 1 is 1.21 bits per heavy atom. The molecule has 2 N–H and O–H groups in total. The molecule has 2 rings (SSSR count). The van der Waals surface area contributed by atoms with Crippen LogP contribution >= 0.6 is 23.2 Å². The molecule has 0 bridgehead atoms. The number of likely N-dealkylation sites (tertiary alicyclic amines) is 1. The maximum atomic E-state index is 12.0. The van der Waals surface area contributed by atoms with E-state index in [1.165, 1.54) is 0 Å². The van der Waals surface area contributed by atoms with Crippen molar-refractivity contribution >= 4 is 40.9 Å². The molecule has 0 radical (unpaired) electrons. The molecule has 6 nitrogen and oxygen atoms in total. The molecule has 1 saturated heterocycles. The predicted molar refractivity (Wildman–Crippen MR) is 94.7 cm³/mol. The molecule has 1 aromatic carbocycles. The van der Waals surface area contributed by atoms with Crippen molar-refractivity contribution < 1.29 is 14.3 Å². The number of halogens is 2. The second-order valence-corrected chi connectivity index (χ2v) is 6.42. The molecule has 24 heavy (non-hydrogen) atoms. The van der Waals surface area contributed by atoms with Crippen molar-refractivity contribution in [3.8, 4) is 0 Å². The molecule has 0 spiro atoms. The van der Waals surface area contributed by atoms with E-state index in [4.69, 9.17) is 27.9 Å². The Morgan fingerprint density at radius 3 is 2.42 bits per heavy atom. The first-order chi connectivity index (χ1) is 11.5. The highest BCUT2D eigenvalue weighted by atomic mass is 35.5. The molecule has 0 unspecified atom stereocenters. The number of nitrogens with zero attached hydrogens (tertiary/aromatic N) is 1. The van der Waals surface area contributed by atoms with Gasteiger partial charge in [0.25, 0.3) is 0 Å². The third-order valence-corrected chi connectivity index (χ3v) is 4.16. The van der Waals surface area contributed by atoms with Crippen molar-refractivity contribution in [3.05, 3.63) is 28.2 Å². The lowest BCUT2D eigenvalue weighted by Gasteiger charge is -2.31. The van der Waals surface area contributed by atoms with Gasteiger partial charge >= 0.3 is 6.09 Å². The van der Waals surface area contributed by atoms with Gasteiger partial charge in [0, 0.05) is 34.9 Å². The van der Waals surface area contributed by atoms with Crippen LogP contribution in [0.5, 0.6) is 0 Å². The van der Waals surface area contributed by atoms with Gasteiger partial charge in [-0.2, -0.15) is 0 Å². The summed E-state index contributed by atoms with van der Waals surface area (Å²) < 4.78 is 4.98. The van der Waals surface area contributed by atoms with Crippen LogP contribution < -0.4 is 10.6 Å². The topological polar surface area (TPSA) is 70.7 Å². The molecule has 132 valence electrons. The Bertz CT molecular complexity index is 570. The minimum atomic E-state index is -0.272. The van der Waals surface area contributed by atoms with E-state index in [0.717, 1.165) is 12.8 Å². The van der Waals surface area contributed by atoms with Crippen molar-refractivity contribution in [1.29, 1.82) is 0 Å². The quantitative estimate of drug-likeness (QED) is 0.831. The number of anilines is 1. The summed E-state index contributed by atoms with van der Waals surface area (Å²) in [6.45, 7) is 3.61. The van der Waals surface area contributed by atoms with Crippen LogP contribution in [0.3, 0.4) is 0 Å². The Morgan fingerprint density at radius 2 is 1.83 bits per heavy atom. The van der Waals surface area contributed by atoms with E-state index in [-0.39, 0.29) is 24.6 Å². The van der Waals surface area contributed by atoms with Gasteiger partial charge in [0.2, 0.25) is 5.91 Å². The zero-order valence-corrected chi connectivity index (χ0v) is 15.0. The van der Waals surface area contributed by atoms with E-state index in [0.29, 0.717) is 35.4 Å². The fraction of sp³-hybridized carbons (Fsp3) is 0.500. The van der Waals surface area contributed by atoms with Gasteiger partial charge in [0.1, 0.15) is 0 Å². The Labute approximate surface area is 151 Å². The van der Waals surface area contributed by atoms with E-state index in [1.807, 2.05) is 0 Å². The highest BCUT2D eigenvalue weighted by Gasteiger charge is 2.23. The molecule has 0 aliphatic carbocycles. The summed E-state index contributed by atoms with van der Waals surface area (Å²) >= 11 is 11.8. The number of hydrogen-bond donors (Lipinski definition) is 2. The Kier molecular flexibility index (Phi) is 7.15. The lowest BCUT2D eigenvalue weighted by atomic mass is 10.1. The van der Waals surface area contributed by atoms with Crippen LogP contribution in [0.25, 0.3) is 0 Å². The number of amides is 2. The molecule has 1 fully saturated rings. The van der Waals surface area contributed by atoms with Gasteiger partial charge < -0.3 is 20.3 Å². The van der Waals surface area contributed by atoms with Gasteiger partial charge in [-0.3, -0.25) is 4.79 Å². The number of carbonyl (C=O) groups is 2. The highest BCUT2D eigenvalue weighted by Crippen LogP contribution is 2.22. The molecule has 0 aromatic heterocycles. The highest BCUT2D eigenvalue weighted by molar-refractivity contribution is 6.35. The van der Waals surface area contributed by atoms with Crippen LogP contribution in [-0.2, 0) is 9.53 Å². The van der Waals surface area contributed by atoms with Crippen LogP contribution in [0, 0.1) is 0 Å². The van der Waals surface area contributed by atoms with E-state index in [9.17, 15) is 9.59 Å². The third-order valence-electron chi connectivity index (χ3n) is 3.72. The lowest BCUT2D eigenvalue weighted by Crippen LogP contribution is -2.46. The Balaban J connectivity index is 1.72. The van der Waals surface area contributed by atoms with Crippen molar-refractivity contribution in [2.45, 2.75) is 25.8 Å². The second-order valence-electron chi connectivity index (χ2n) is 5.55. The van der Waals surface area contributed by atoms with Gasteiger partial charge in [0.05, 0.1) is 13.2 Å². The fourth-order valence-corrected chi connectivity index (χ4v) is 3.08. The first-order valence-corrected chi connectivity index (χ1v) is 8.64. The van der Waals surface area contributed by atoms with Crippen molar-refractivity contribution in [2.75, 3.05) is 31.6 Å². The van der Waals surface area contributed by atoms with Gasteiger partial charge in [-0.25, -0.2) is 4.79 Å². The van der Waals surface area contributed by atoms with Crippen LogP contribution in [0.15, 0.2) is 18.2 Å². The SMILES string of the molecule is CCOC(=O)N1CCC(NCC(=O)Nc2cc(Cl)cc(Cl)c2)CC1. The largest absolute Gasteiger partial charge is 0.450 e. The van der Waals surface area contributed by atoms with Crippen molar-refractivity contribution in [3.63, 3.8) is 0 Å². The molecule has 1 heterocycles. The molecule has 8 heteroatoms. The summed E-state index contributed by atoms with van der Waals surface area (Å²) in [7, 11) is 0. The number of benzene rings is 1. The predicted octanol–water partition coefficient (Wildman–Crippen LogP) is 3.14. The Hall–Kier alpha value is -1.50. The standard InChI is InChI=1S/C16H21Cl2N3O3/c1-2-24-16(23)21-5-3-13(4-6-21)19-10-15(22)20-14-8-11(17)7-12(18)9-14/h7-9,13,19H,2-6,10H2,1H3,(H,20,22). The molecular formula is C16H21Cl2N3O3. The van der Waals surface area contributed by atoms with Crippen LogP contribution in [0.4, 0.5) is 10.5 Å². The van der Waals surface area contributed by atoms with Crippen LogP contribution in [-0.4, -0.2) is 49.2 Å². The molecule has 1 aliphatic rings. The summed E-state index contributed by atoms with van der Waals surface area (Å²) in [5.74, 6) is -0.166. The minimum absolute atomic E-state index is 0.166. The van der Waals surface area contributed by atoms with Crippen LogP contribution in [0.2, 0.25) is 10.0 Å². The summed E-state index contributed by atoms with van der Waals surface area (Å²) in [5.41, 5.74) is 0.566. The van der Waals surface area contributed by atoms with Gasteiger partial charge in [-0.15, -0.1) is 0 Å². The van der Waals surface area contributed by atoms with E-state index >= 15 is 0 Å². The van der Waals surface area contributed by atoms with Crippen molar-refractivity contribution in [1.82, 2.24) is 10.2 Å². The van der Waals surface area contributed by atoms with Crippen LogP contribution in [0.1, 0.15) is 19.8 Å². The summed E-state index contributed by atoms with van der Waals surface area (Å²) in [4.78, 5) is 25.3. The van der Waals surface area contributed by atoms with Gasteiger partial charge in [0.15, 0.2) is 0 Å². The number of rotatable bonds is 5. The smallest absolute Gasteiger partial charge is 0.409 e. The molecule has 1 aromatic rings. The van der Waals surface area contributed by atoms with E-state index < -0.39 is 0 Å². The monoisotopic (exact) mass is 373 g/mol. The average Bonchev–Trinajstić information content (AvgIpc) is 2.52. The fourth-order valence-electron chi connectivity index (χ4n) is 2.55. The van der Waals surface area contributed by atoms with Gasteiger partial charge in [-0.1, -0.05) is 23.2 Å². The molecule has 2 amide bonds. The zero-order valence-electron chi connectivity index (χ0n) is 13.5. The second kappa shape index (κ2) is 9.11. The third kappa shape index (κ3) is 5.85. The summed E-state index contributed by atoms with van der Waals surface area (Å²) in [6, 6.07) is 5.09. The normalized spacial score (nSPS) is 15.2. The first-order valence-electron chi connectivity index (χ1n) is 7.89. The molecule has 0 saturated carbocycles. The number of ether oxygens (including phenoxy) is 1. The zero-order chi connectivity index (χ0) is 17.5. The molecule has 1 aliphatic heterocycles. The van der Waals surface area contributed by atoms with Crippen molar-refractivity contribution in [2.24, 2.45) is 0 Å². The van der Waals surface area contributed by atoms with Gasteiger partial charge in [-0.05, 0) is 38.0 Å². The molecular weight excluding hydrogens is 353 g/mol. The molecule has 0 atom stereocenters. The number of carbonyl (C=O) groups excluding carboxylic acids is 2. The van der Waals surface area contributed by atoms with E-state index in [2.05, 4.69) is 10.6 Å². The minimum Gasteiger partial charge on any atom is -0.450 e. The first kappa shape index (κ1) is 18.8.